The van der Waals surface area contributed by atoms with Gasteiger partial charge in [0.2, 0.25) is 11.8 Å². The number of hydrogen-bond acceptors (Lipinski definition) is 4. The van der Waals surface area contributed by atoms with Gasteiger partial charge in [-0.3, -0.25) is 9.59 Å². The summed E-state index contributed by atoms with van der Waals surface area (Å²) in [6, 6.07) is 0. The van der Waals surface area contributed by atoms with Crippen molar-refractivity contribution in [1.29, 1.82) is 0 Å². The summed E-state index contributed by atoms with van der Waals surface area (Å²) in [7, 11) is 0. The van der Waals surface area contributed by atoms with Gasteiger partial charge in [-0.1, -0.05) is 0 Å². The number of rotatable bonds is 7. The van der Waals surface area contributed by atoms with Crippen molar-refractivity contribution in [2.45, 2.75) is 6.92 Å². The Hall–Kier alpha value is -0.750. The molecule has 0 atom stereocenters. The molecule has 1 saturated heterocycles. The normalized spacial score (nSPS) is 15.3. The van der Waals surface area contributed by atoms with Crippen LogP contribution in [0.5, 0.6) is 0 Å². The molecule has 0 radical (unpaired) electrons. The second-order valence-corrected chi connectivity index (χ2v) is 4.90. The summed E-state index contributed by atoms with van der Waals surface area (Å²) < 4.78 is 0. The molecule has 1 aliphatic rings. The van der Waals surface area contributed by atoms with Crippen LogP contribution in [-0.4, -0.2) is 49.5 Å². The number of thioether (sulfide) groups is 1. The van der Waals surface area contributed by atoms with Gasteiger partial charge in [-0.15, -0.1) is 0 Å². The van der Waals surface area contributed by atoms with E-state index in [1.54, 1.807) is 11.8 Å². The second kappa shape index (κ2) is 7.51. The molecule has 1 aliphatic heterocycles. The van der Waals surface area contributed by atoms with E-state index in [4.69, 9.17) is 0 Å². The monoisotopic (exact) mass is 245 g/mol. The fourth-order valence-electron chi connectivity index (χ4n) is 1.28. The van der Waals surface area contributed by atoms with Crippen LogP contribution in [0, 0.1) is 5.92 Å². The molecular weight excluding hydrogens is 226 g/mol. The van der Waals surface area contributed by atoms with E-state index >= 15 is 0 Å². The lowest BCUT2D eigenvalue weighted by Crippen LogP contribution is -2.43. The minimum atomic E-state index is -0.0684. The van der Waals surface area contributed by atoms with Gasteiger partial charge >= 0.3 is 0 Å². The van der Waals surface area contributed by atoms with Crippen LogP contribution in [0.4, 0.5) is 0 Å². The first-order chi connectivity index (χ1) is 7.68. The van der Waals surface area contributed by atoms with E-state index in [2.05, 4.69) is 16.0 Å². The molecule has 5 nitrogen and oxygen atoms in total. The molecule has 0 saturated carbocycles. The molecular formula is C10H19N3O2S. The number of nitrogens with one attached hydrogen (secondary N) is 3. The van der Waals surface area contributed by atoms with Crippen LogP contribution in [-0.2, 0) is 9.59 Å². The molecule has 0 aromatic carbocycles. The molecule has 0 unspecified atom stereocenters. The summed E-state index contributed by atoms with van der Waals surface area (Å²) in [6.07, 6.45) is 0. The zero-order valence-corrected chi connectivity index (χ0v) is 10.4. The maximum atomic E-state index is 11.3. The Balaban J connectivity index is 1.87. The molecule has 0 aliphatic carbocycles. The molecule has 92 valence electrons. The van der Waals surface area contributed by atoms with Crippen LogP contribution < -0.4 is 16.0 Å². The van der Waals surface area contributed by atoms with Crippen LogP contribution in [0.1, 0.15) is 6.92 Å². The standard InChI is InChI=1S/C10H19N3O2S/c1-8(14)12-2-3-13-10(15)7-16-6-9-4-11-5-9/h9,11H,2-7H2,1H3,(H,12,14)(H,13,15). The molecule has 0 bridgehead atoms. The van der Waals surface area contributed by atoms with Gasteiger partial charge in [0.05, 0.1) is 5.75 Å². The molecule has 3 N–H and O–H groups in total. The lowest BCUT2D eigenvalue weighted by Gasteiger charge is -2.26. The Bertz CT molecular complexity index is 244. The van der Waals surface area contributed by atoms with Crippen LogP contribution in [0.2, 0.25) is 0 Å². The van der Waals surface area contributed by atoms with Crippen LogP contribution in [0.15, 0.2) is 0 Å². The van der Waals surface area contributed by atoms with Crippen LogP contribution >= 0.6 is 11.8 Å². The fraction of sp³-hybridized carbons (Fsp3) is 0.800. The highest BCUT2D eigenvalue weighted by Crippen LogP contribution is 2.11. The minimum Gasteiger partial charge on any atom is -0.355 e. The van der Waals surface area contributed by atoms with E-state index in [-0.39, 0.29) is 11.8 Å². The molecule has 1 rings (SSSR count). The first-order valence-electron chi connectivity index (χ1n) is 5.48. The lowest BCUT2D eigenvalue weighted by molar-refractivity contribution is -0.120. The first kappa shape index (κ1) is 13.3. The number of hydrogen-bond donors (Lipinski definition) is 3. The molecule has 1 heterocycles. The maximum Gasteiger partial charge on any atom is 0.230 e. The first-order valence-corrected chi connectivity index (χ1v) is 6.63. The fourth-order valence-corrected chi connectivity index (χ4v) is 2.25. The van der Waals surface area contributed by atoms with Crippen LogP contribution in [0.3, 0.4) is 0 Å². The zero-order valence-electron chi connectivity index (χ0n) is 9.54. The maximum absolute atomic E-state index is 11.3. The van der Waals surface area contributed by atoms with E-state index in [1.807, 2.05) is 0 Å². The van der Waals surface area contributed by atoms with Crippen molar-refractivity contribution in [2.75, 3.05) is 37.7 Å². The van der Waals surface area contributed by atoms with E-state index in [9.17, 15) is 9.59 Å². The Labute approximate surface area is 100 Å². The highest BCUT2D eigenvalue weighted by molar-refractivity contribution is 7.99. The van der Waals surface area contributed by atoms with Crippen molar-refractivity contribution in [3.63, 3.8) is 0 Å². The number of carbonyl (C=O) groups excluding carboxylic acids is 2. The average Bonchev–Trinajstić information content (AvgIpc) is 2.16. The molecule has 0 aromatic rings. The van der Waals surface area contributed by atoms with Crippen molar-refractivity contribution >= 4 is 23.6 Å². The summed E-state index contributed by atoms with van der Waals surface area (Å²) in [5.74, 6) is 2.27. The number of carbonyl (C=O) groups is 2. The summed E-state index contributed by atoms with van der Waals surface area (Å²) in [6.45, 7) is 4.63. The zero-order chi connectivity index (χ0) is 11.8. The third-order valence-electron chi connectivity index (χ3n) is 2.27. The highest BCUT2D eigenvalue weighted by atomic mass is 32.2. The third kappa shape index (κ3) is 5.97. The van der Waals surface area contributed by atoms with Gasteiger partial charge in [0, 0.05) is 20.0 Å². The largest absolute Gasteiger partial charge is 0.355 e. The molecule has 2 amide bonds. The quantitative estimate of drug-likeness (QED) is 0.513. The van der Waals surface area contributed by atoms with Crippen molar-refractivity contribution in [1.82, 2.24) is 16.0 Å². The van der Waals surface area contributed by atoms with E-state index < -0.39 is 0 Å². The van der Waals surface area contributed by atoms with Gasteiger partial charge in [-0.2, -0.15) is 11.8 Å². The Morgan fingerprint density at radius 1 is 1.31 bits per heavy atom. The lowest BCUT2D eigenvalue weighted by atomic mass is 10.1. The highest BCUT2D eigenvalue weighted by Gasteiger charge is 2.16. The summed E-state index contributed by atoms with van der Waals surface area (Å²) in [4.78, 5) is 21.9. The summed E-state index contributed by atoms with van der Waals surface area (Å²) >= 11 is 1.67. The topological polar surface area (TPSA) is 70.2 Å². The van der Waals surface area contributed by atoms with Gasteiger partial charge in [0.15, 0.2) is 0 Å². The van der Waals surface area contributed by atoms with Gasteiger partial charge in [-0.25, -0.2) is 0 Å². The van der Waals surface area contributed by atoms with Crippen LogP contribution in [0.25, 0.3) is 0 Å². The molecule has 0 spiro atoms. The van der Waals surface area contributed by atoms with Gasteiger partial charge in [-0.05, 0) is 24.8 Å². The molecule has 6 heteroatoms. The van der Waals surface area contributed by atoms with Crippen molar-refractivity contribution in [3.8, 4) is 0 Å². The molecule has 0 aromatic heterocycles. The summed E-state index contributed by atoms with van der Waals surface area (Å²) in [5, 5.41) is 8.58. The smallest absolute Gasteiger partial charge is 0.230 e. The average molecular weight is 245 g/mol. The van der Waals surface area contributed by atoms with Crippen molar-refractivity contribution in [3.05, 3.63) is 0 Å². The Morgan fingerprint density at radius 2 is 2.00 bits per heavy atom. The third-order valence-corrected chi connectivity index (χ3v) is 3.45. The van der Waals surface area contributed by atoms with Gasteiger partial charge < -0.3 is 16.0 Å². The Kier molecular flexibility index (Phi) is 6.25. The van der Waals surface area contributed by atoms with Crippen molar-refractivity contribution in [2.24, 2.45) is 5.92 Å². The Morgan fingerprint density at radius 3 is 2.56 bits per heavy atom. The minimum absolute atomic E-state index is 0.0441. The van der Waals surface area contributed by atoms with Gasteiger partial charge in [0.1, 0.15) is 0 Å². The SMILES string of the molecule is CC(=O)NCCNC(=O)CSCC1CNC1. The second-order valence-electron chi connectivity index (χ2n) is 3.87. The summed E-state index contributed by atoms with van der Waals surface area (Å²) in [5.41, 5.74) is 0. The van der Waals surface area contributed by atoms with E-state index in [0.717, 1.165) is 24.8 Å². The van der Waals surface area contributed by atoms with E-state index in [1.165, 1.54) is 6.92 Å². The predicted octanol–water partition coefficient (Wildman–Crippen LogP) is -0.809. The van der Waals surface area contributed by atoms with Gasteiger partial charge in [0.25, 0.3) is 0 Å². The van der Waals surface area contributed by atoms with E-state index in [0.29, 0.717) is 18.8 Å². The predicted molar refractivity (Wildman–Crippen MR) is 65.4 cm³/mol. The number of amides is 2. The van der Waals surface area contributed by atoms with Crippen molar-refractivity contribution < 1.29 is 9.59 Å². The molecule has 16 heavy (non-hydrogen) atoms. The molecule has 1 fully saturated rings.